The highest BCUT2D eigenvalue weighted by molar-refractivity contribution is 6.33. The van der Waals surface area contributed by atoms with Gasteiger partial charge in [0.05, 0.1) is 16.9 Å². The average molecular weight is 447 g/mol. The van der Waals surface area contributed by atoms with Crippen LogP contribution < -0.4 is 15.5 Å². The van der Waals surface area contributed by atoms with E-state index in [-0.39, 0.29) is 11.4 Å². The van der Waals surface area contributed by atoms with Gasteiger partial charge in [0.25, 0.3) is 5.91 Å². The maximum Gasteiger partial charge on any atom is 0.262 e. The van der Waals surface area contributed by atoms with Crippen LogP contribution in [0.1, 0.15) is 19.8 Å². The molecule has 1 saturated heterocycles. The van der Waals surface area contributed by atoms with Crippen molar-refractivity contribution in [2.75, 3.05) is 23.3 Å². The number of nitrogens with zero attached hydrogens (tertiary/aromatic N) is 2. The highest BCUT2D eigenvalue weighted by atomic mass is 35.5. The summed E-state index contributed by atoms with van der Waals surface area (Å²) in [5, 5.41) is 13.2. The Balaban J connectivity index is 1.71. The van der Waals surface area contributed by atoms with Crippen LogP contribution in [-0.4, -0.2) is 36.0 Å². The fourth-order valence-corrected chi connectivity index (χ4v) is 3.56. The quantitative estimate of drug-likeness (QED) is 0.359. The summed E-state index contributed by atoms with van der Waals surface area (Å²) in [6.07, 6.45) is 3.50. The number of quaternary nitrogens is 1. The van der Waals surface area contributed by atoms with Crippen LogP contribution in [0.4, 0.5) is 17.2 Å². The summed E-state index contributed by atoms with van der Waals surface area (Å²) in [5.41, 5.74) is 2.16. The molecule has 1 aliphatic rings. The van der Waals surface area contributed by atoms with E-state index in [1.165, 1.54) is 6.20 Å². The van der Waals surface area contributed by atoms with Gasteiger partial charge in [0, 0.05) is 56.2 Å². The Morgan fingerprint density at radius 1 is 1.23 bits per heavy atom. The summed E-state index contributed by atoms with van der Waals surface area (Å²) < 4.78 is 0. The summed E-state index contributed by atoms with van der Waals surface area (Å²) in [7, 11) is 0. The smallest absolute Gasteiger partial charge is 0.262 e. The van der Waals surface area contributed by atoms with Crippen molar-refractivity contribution in [3.8, 4) is 0 Å². The largest absolute Gasteiger partial charge is 0.355 e. The maximum absolute atomic E-state index is 12.7. The second-order valence-electron chi connectivity index (χ2n) is 6.95. The van der Waals surface area contributed by atoms with Crippen LogP contribution in [0.2, 0.25) is 10.0 Å². The summed E-state index contributed by atoms with van der Waals surface area (Å²) in [6, 6.07) is 8.82. The molecule has 1 aliphatic heterocycles. The fraction of sp³-hybridized carbons (Fsp3) is 0.238. The van der Waals surface area contributed by atoms with Crippen LogP contribution in [0, 0.1) is 5.41 Å². The molecule has 0 unspecified atom stereocenters. The van der Waals surface area contributed by atoms with E-state index in [1.807, 2.05) is 22.3 Å². The molecular weight excluding hydrogens is 425 g/mol. The molecule has 0 bridgehead atoms. The third-order valence-corrected chi connectivity index (χ3v) is 5.30. The van der Waals surface area contributed by atoms with Crippen molar-refractivity contribution in [3.63, 3.8) is 0 Å². The van der Waals surface area contributed by atoms with Crippen molar-refractivity contribution in [2.24, 2.45) is 0 Å². The first kappa shape index (κ1) is 22.0. The van der Waals surface area contributed by atoms with Gasteiger partial charge in [0.15, 0.2) is 0 Å². The van der Waals surface area contributed by atoms with Crippen LogP contribution in [0.3, 0.4) is 0 Å². The van der Waals surface area contributed by atoms with Crippen LogP contribution >= 0.6 is 23.2 Å². The van der Waals surface area contributed by atoms with E-state index in [1.54, 1.807) is 25.1 Å². The number of hydrogen-bond donors (Lipinski definition) is 3. The number of carbonyl (C=O) groups is 2. The highest BCUT2D eigenvalue weighted by Crippen LogP contribution is 2.28. The molecular formula is C21H22Cl2N5O2+. The molecule has 0 aliphatic carbocycles. The van der Waals surface area contributed by atoms with E-state index in [9.17, 15) is 9.59 Å². The third kappa shape index (κ3) is 5.44. The number of pyridine rings is 1. The molecule has 9 heteroatoms. The highest BCUT2D eigenvalue weighted by Gasteiger charge is 2.20. The lowest BCUT2D eigenvalue weighted by atomic mass is 10.1. The Bertz CT molecular complexity index is 995. The standard InChI is InChI=1S/C21H21Cl2N5O2/c1-13(26-15-4-2-14(22)3-5-15)18(11-24)21(30)27-16-10-19(23)20(25-12-16)28-8-6-17(29)7-9-28/h2-5,10-12,24,26H,6-9H2,1H3,(H,27,30)/p+1/b18-13+,24-11?. The summed E-state index contributed by atoms with van der Waals surface area (Å²) in [6.45, 7) is 2.93. The molecule has 7 nitrogen and oxygen atoms in total. The zero-order valence-electron chi connectivity index (χ0n) is 16.4. The second kappa shape index (κ2) is 9.84. The summed E-state index contributed by atoms with van der Waals surface area (Å²) >= 11 is 12.3. The molecule has 0 radical (unpaired) electrons. The molecule has 30 heavy (non-hydrogen) atoms. The average Bonchev–Trinajstić information content (AvgIpc) is 2.71. The number of rotatable bonds is 6. The molecule has 3 rings (SSSR count). The van der Waals surface area contributed by atoms with Crippen molar-refractivity contribution in [1.29, 1.82) is 5.41 Å². The lowest BCUT2D eigenvalue weighted by Gasteiger charge is -2.27. The minimum Gasteiger partial charge on any atom is -0.355 e. The number of Topliss-reactive ketones (excluding diaryl/α,β-unsaturated/α-hetero) is 1. The number of allylic oxidation sites excluding steroid dienone is 1. The van der Waals surface area contributed by atoms with Gasteiger partial charge in [-0.3, -0.25) is 14.9 Å². The van der Waals surface area contributed by atoms with Gasteiger partial charge in [-0.1, -0.05) is 23.2 Å². The predicted molar refractivity (Wildman–Crippen MR) is 119 cm³/mol. The van der Waals surface area contributed by atoms with Crippen LogP contribution in [0.5, 0.6) is 0 Å². The molecule has 1 aromatic carbocycles. The maximum atomic E-state index is 12.7. The van der Waals surface area contributed by atoms with Gasteiger partial charge >= 0.3 is 0 Å². The normalized spacial score (nSPS) is 14.9. The number of amides is 1. The fourth-order valence-electron chi connectivity index (χ4n) is 3.14. The molecule has 156 valence electrons. The van der Waals surface area contributed by atoms with E-state index in [0.717, 1.165) is 11.9 Å². The van der Waals surface area contributed by atoms with Crippen molar-refractivity contribution in [3.05, 3.63) is 57.8 Å². The Kier molecular flexibility index (Phi) is 7.20. The van der Waals surface area contributed by atoms with Crippen molar-refractivity contribution >= 4 is 58.3 Å². The van der Waals surface area contributed by atoms with Crippen LogP contribution in [0.25, 0.3) is 0 Å². The van der Waals surface area contributed by atoms with Crippen LogP contribution in [0.15, 0.2) is 47.8 Å². The number of nitrogens with one attached hydrogen (secondary N) is 2. The topological polar surface area (TPSA) is 103 Å². The Morgan fingerprint density at radius 3 is 2.50 bits per heavy atom. The third-order valence-electron chi connectivity index (χ3n) is 4.77. The van der Waals surface area contributed by atoms with E-state index >= 15 is 0 Å². The number of hydrogen-bond acceptors (Lipinski definition) is 5. The summed E-state index contributed by atoms with van der Waals surface area (Å²) in [4.78, 5) is 30.4. The van der Waals surface area contributed by atoms with Gasteiger partial charge in [-0.2, -0.15) is 0 Å². The van der Waals surface area contributed by atoms with E-state index in [4.69, 9.17) is 28.6 Å². The Labute approximate surface area is 184 Å². The Morgan fingerprint density at radius 2 is 1.90 bits per heavy atom. The SMILES string of the molecule is C/C([NH2+]c1ccc(Cl)cc1)=C(/C=N)C(=O)Nc1cnc(N2CCC(=O)CC2)c(Cl)c1. The van der Waals surface area contributed by atoms with E-state index in [0.29, 0.717) is 53.2 Å². The Hall–Kier alpha value is -2.74. The van der Waals surface area contributed by atoms with Crippen LogP contribution in [-0.2, 0) is 9.59 Å². The van der Waals surface area contributed by atoms with Crippen molar-refractivity contribution in [2.45, 2.75) is 19.8 Å². The number of nitrogens with two attached hydrogens (primary N) is 1. The number of halogens is 2. The molecule has 0 spiro atoms. The van der Waals surface area contributed by atoms with Gasteiger partial charge < -0.3 is 15.6 Å². The molecule has 1 amide bonds. The predicted octanol–water partition coefficient (Wildman–Crippen LogP) is 3.31. The zero-order chi connectivity index (χ0) is 21.7. The van der Waals surface area contributed by atoms with Gasteiger partial charge in [-0.15, -0.1) is 0 Å². The molecule has 2 aromatic rings. The monoisotopic (exact) mass is 446 g/mol. The first-order valence-corrected chi connectivity index (χ1v) is 10.2. The minimum atomic E-state index is -0.429. The van der Waals surface area contributed by atoms with Crippen molar-refractivity contribution < 1.29 is 14.9 Å². The number of carbonyl (C=O) groups excluding carboxylic acids is 2. The molecule has 1 fully saturated rings. The van der Waals surface area contributed by atoms with Gasteiger partial charge in [-0.25, -0.2) is 4.98 Å². The lowest BCUT2D eigenvalue weighted by molar-refractivity contribution is -0.517. The second-order valence-corrected chi connectivity index (χ2v) is 7.79. The van der Waals surface area contributed by atoms with Gasteiger partial charge in [0.1, 0.15) is 28.6 Å². The lowest BCUT2D eigenvalue weighted by Crippen LogP contribution is -2.75. The first-order valence-electron chi connectivity index (χ1n) is 9.42. The number of ketones is 1. The number of aromatic nitrogens is 1. The molecule has 4 N–H and O–H groups in total. The van der Waals surface area contributed by atoms with E-state index in [2.05, 4.69) is 10.3 Å². The van der Waals surface area contributed by atoms with E-state index < -0.39 is 5.91 Å². The number of benzene rings is 1. The molecule has 0 saturated carbocycles. The van der Waals surface area contributed by atoms with Gasteiger partial charge in [-0.05, 0) is 18.2 Å². The first-order chi connectivity index (χ1) is 14.4. The molecule has 1 aromatic heterocycles. The molecule has 0 atom stereocenters. The molecule has 2 heterocycles. The minimum absolute atomic E-state index is 0.222. The summed E-state index contributed by atoms with van der Waals surface area (Å²) in [5.74, 6) is 0.405. The van der Waals surface area contributed by atoms with Gasteiger partial charge in [0.2, 0.25) is 0 Å². The van der Waals surface area contributed by atoms with Crippen molar-refractivity contribution in [1.82, 2.24) is 4.98 Å². The number of piperidine rings is 1. The zero-order valence-corrected chi connectivity index (χ0v) is 17.9. The number of anilines is 2.